The predicted molar refractivity (Wildman–Crippen MR) is 78.2 cm³/mol. The lowest BCUT2D eigenvalue weighted by Crippen LogP contribution is -2.26. The lowest BCUT2D eigenvalue weighted by Gasteiger charge is -2.04. The first kappa shape index (κ1) is 14.1. The molecular formula is C15H15N3O4. The normalized spacial score (nSPS) is 11.0. The number of ether oxygens (including phenoxy) is 1. The molecule has 1 aromatic carbocycles. The van der Waals surface area contributed by atoms with E-state index in [0.29, 0.717) is 17.0 Å². The fourth-order valence-electron chi connectivity index (χ4n) is 2.33. The Morgan fingerprint density at radius 3 is 2.73 bits per heavy atom. The van der Waals surface area contributed by atoms with E-state index in [-0.39, 0.29) is 18.8 Å². The number of hydrogen-bond acceptors (Lipinski definition) is 5. The van der Waals surface area contributed by atoms with Gasteiger partial charge in [0, 0.05) is 13.1 Å². The van der Waals surface area contributed by atoms with Gasteiger partial charge in [-0.2, -0.15) is 0 Å². The molecule has 22 heavy (non-hydrogen) atoms. The molecule has 0 fully saturated rings. The van der Waals surface area contributed by atoms with Gasteiger partial charge in [0.1, 0.15) is 24.6 Å². The Morgan fingerprint density at radius 1 is 1.32 bits per heavy atom. The van der Waals surface area contributed by atoms with Crippen LogP contribution in [0.3, 0.4) is 0 Å². The van der Waals surface area contributed by atoms with Crippen LogP contribution in [0.2, 0.25) is 0 Å². The van der Waals surface area contributed by atoms with Crippen molar-refractivity contribution in [2.75, 3.05) is 0 Å². The number of fused-ring (bicyclic) bond motifs is 1. The summed E-state index contributed by atoms with van der Waals surface area (Å²) in [5.41, 5.74) is 1.75. The Hall–Kier alpha value is -2.83. The van der Waals surface area contributed by atoms with Crippen molar-refractivity contribution in [3.05, 3.63) is 52.3 Å². The Bertz CT molecular complexity index is 888. The molecule has 114 valence electrons. The second kappa shape index (κ2) is 5.51. The van der Waals surface area contributed by atoms with Gasteiger partial charge in [-0.25, -0.2) is 4.79 Å². The van der Waals surface area contributed by atoms with Crippen molar-refractivity contribution < 1.29 is 14.1 Å². The third-order valence-corrected chi connectivity index (χ3v) is 3.40. The number of esters is 1. The van der Waals surface area contributed by atoms with Crippen LogP contribution >= 0.6 is 0 Å². The average molecular weight is 301 g/mol. The number of benzene rings is 1. The first-order chi connectivity index (χ1) is 10.6. The number of aryl methyl sites for hydroxylation is 2. The molecule has 0 N–H and O–H groups in total. The van der Waals surface area contributed by atoms with E-state index in [1.165, 1.54) is 9.13 Å². The summed E-state index contributed by atoms with van der Waals surface area (Å²) in [6.45, 7) is 1.64. The first-order valence-corrected chi connectivity index (χ1v) is 6.78. The van der Waals surface area contributed by atoms with E-state index in [1.54, 1.807) is 26.1 Å². The van der Waals surface area contributed by atoms with Gasteiger partial charge in [0.25, 0.3) is 0 Å². The molecule has 0 unspecified atom stereocenters. The Kier molecular flexibility index (Phi) is 3.54. The van der Waals surface area contributed by atoms with Crippen LogP contribution in [-0.4, -0.2) is 20.3 Å². The predicted octanol–water partition coefficient (Wildman–Crippen LogP) is 1.38. The van der Waals surface area contributed by atoms with Gasteiger partial charge >= 0.3 is 11.7 Å². The minimum atomic E-state index is -0.501. The summed E-state index contributed by atoms with van der Waals surface area (Å²) in [6, 6.07) is 8.98. The zero-order valence-corrected chi connectivity index (χ0v) is 12.3. The minimum absolute atomic E-state index is 0.0235. The molecule has 0 atom stereocenters. The van der Waals surface area contributed by atoms with E-state index in [4.69, 9.17) is 9.26 Å². The van der Waals surface area contributed by atoms with E-state index in [0.717, 1.165) is 5.52 Å². The van der Waals surface area contributed by atoms with E-state index >= 15 is 0 Å². The average Bonchev–Trinajstić information content (AvgIpc) is 3.03. The summed E-state index contributed by atoms with van der Waals surface area (Å²) in [5, 5.41) is 3.74. The van der Waals surface area contributed by atoms with Crippen LogP contribution in [0, 0.1) is 6.92 Å². The summed E-state index contributed by atoms with van der Waals surface area (Å²) in [6.07, 6.45) is 0. The van der Waals surface area contributed by atoms with Crippen LogP contribution in [-0.2, 0) is 29.7 Å². The van der Waals surface area contributed by atoms with E-state index in [9.17, 15) is 9.59 Å². The molecule has 2 heterocycles. The third kappa shape index (κ3) is 2.52. The maximum Gasteiger partial charge on any atom is 0.329 e. The van der Waals surface area contributed by atoms with Crippen LogP contribution in [0.5, 0.6) is 0 Å². The van der Waals surface area contributed by atoms with Gasteiger partial charge < -0.3 is 9.26 Å². The summed E-state index contributed by atoms with van der Waals surface area (Å²) in [4.78, 5) is 24.1. The molecule has 0 bridgehead atoms. The van der Waals surface area contributed by atoms with Gasteiger partial charge in [0.2, 0.25) is 0 Å². The quantitative estimate of drug-likeness (QED) is 0.680. The highest BCUT2D eigenvalue weighted by Crippen LogP contribution is 2.11. The molecule has 0 amide bonds. The molecule has 7 nitrogen and oxygen atoms in total. The van der Waals surface area contributed by atoms with Crippen LogP contribution in [0.1, 0.15) is 11.5 Å². The summed E-state index contributed by atoms with van der Waals surface area (Å²) in [7, 11) is 1.67. The molecule has 3 aromatic rings. The number of carbonyl (C=O) groups excluding carboxylic acids is 1. The van der Waals surface area contributed by atoms with Gasteiger partial charge in [-0.15, -0.1) is 0 Å². The van der Waals surface area contributed by atoms with Gasteiger partial charge in [-0.1, -0.05) is 17.3 Å². The molecule has 0 aliphatic heterocycles. The summed E-state index contributed by atoms with van der Waals surface area (Å²) >= 11 is 0. The molecule has 0 spiro atoms. The SMILES string of the molecule is Cc1cc(COC(=O)Cn2c(=O)n(C)c3ccccc32)no1. The van der Waals surface area contributed by atoms with Crippen LogP contribution < -0.4 is 5.69 Å². The molecule has 0 aliphatic rings. The maximum atomic E-state index is 12.2. The van der Waals surface area contributed by atoms with Crippen LogP contribution in [0.15, 0.2) is 39.6 Å². The first-order valence-electron chi connectivity index (χ1n) is 6.78. The molecule has 2 aromatic heterocycles. The number of nitrogens with zero attached hydrogens (tertiary/aromatic N) is 3. The summed E-state index contributed by atoms with van der Waals surface area (Å²) in [5.74, 6) is 0.149. The molecule has 0 saturated heterocycles. The zero-order chi connectivity index (χ0) is 15.7. The van der Waals surface area contributed by atoms with Crippen molar-refractivity contribution in [3.8, 4) is 0 Å². The Labute approximate surface area is 125 Å². The number of imidazole rings is 1. The van der Waals surface area contributed by atoms with Crippen LogP contribution in [0.4, 0.5) is 0 Å². The maximum absolute atomic E-state index is 12.2. The fourth-order valence-corrected chi connectivity index (χ4v) is 2.33. The van der Waals surface area contributed by atoms with Gasteiger partial charge in [-0.05, 0) is 19.1 Å². The smallest absolute Gasteiger partial charge is 0.329 e. The van der Waals surface area contributed by atoms with Crippen molar-refractivity contribution in [1.29, 1.82) is 0 Å². The largest absolute Gasteiger partial charge is 0.458 e. The fraction of sp³-hybridized carbons (Fsp3) is 0.267. The van der Waals surface area contributed by atoms with Crippen LogP contribution in [0.25, 0.3) is 11.0 Å². The van der Waals surface area contributed by atoms with E-state index < -0.39 is 5.97 Å². The second-order valence-corrected chi connectivity index (χ2v) is 5.01. The number of para-hydroxylation sites is 2. The standard InChI is InChI=1S/C15H15N3O4/c1-10-7-11(16-22-10)9-21-14(19)8-18-13-6-4-3-5-12(13)17(2)15(18)20/h3-7H,8-9H2,1-2H3. The lowest BCUT2D eigenvalue weighted by molar-refractivity contribution is -0.145. The zero-order valence-electron chi connectivity index (χ0n) is 12.3. The molecule has 7 heteroatoms. The monoisotopic (exact) mass is 301 g/mol. The third-order valence-electron chi connectivity index (χ3n) is 3.40. The Morgan fingerprint density at radius 2 is 2.05 bits per heavy atom. The minimum Gasteiger partial charge on any atom is -0.458 e. The van der Waals surface area contributed by atoms with Gasteiger partial charge in [-0.3, -0.25) is 13.9 Å². The molecule has 0 saturated carbocycles. The summed E-state index contributed by atoms with van der Waals surface area (Å²) < 4.78 is 12.9. The number of rotatable bonds is 4. The molecule has 0 radical (unpaired) electrons. The number of carbonyl (C=O) groups is 1. The van der Waals surface area contributed by atoms with Crippen molar-refractivity contribution in [2.45, 2.75) is 20.1 Å². The molecular weight excluding hydrogens is 286 g/mol. The van der Waals surface area contributed by atoms with Crippen molar-refractivity contribution in [3.63, 3.8) is 0 Å². The van der Waals surface area contributed by atoms with E-state index in [1.807, 2.05) is 18.2 Å². The molecule has 0 aliphatic carbocycles. The highest BCUT2D eigenvalue weighted by atomic mass is 16.5. The Balaban J connectivity index is 1.77. The number of aromatic nitrogens is 3. The van der Waals surface area contributed by atoms with Crippen molar-refractivity contribution in [1.82, 2.24) is 14.3 Å². The highest BCUT2D eigenvalue weighted by molar-refractivity contribution is 5.78. The van der Waals surface area contributed by atoms with Crippen molar-refractivity contribution >= 4 is 17.0 Å². The van der Waals surface area contributed by atoms with E-state index in [2.05, 4.69) is 5.16 Å². The number of hydrogen-bond donors (Lipinski definition) is 0. The van der Waals surface area contributed by atoms with Crippen molar-refractivity contribution in [2.24, 2.45) is 7.05 Å². The molecule has 3 rings (SSSR count). The topological polar surface area (TPSA) is 79.3 Å². The lowest BCUT2D eigenvalue weighted by atomic mass is 10.3. The highest BCUT2D eigenvalue weighted by Gasteiger charge is 2.14. The van der Waals surface area contributed by atoms with Gasteiger partial charge in [0.15, 0.2) is 0 Å². The second-order valence-electron chi connectivity index (χ2n) is 5.01. The van der Waals surface area contributed by atoms with Gasteiger partial charge in [0.05, 0.1) is 11.0 Å².